The standard InChI is InChI=1S/C12H10F3N7/c13-12(14,15)9-2-10(22-11(20-9)17-5-18-22)19-7-1-8-3-16-6-21(8)4-7/h2-3,5-7,19H,1,4H2. The molecule has 0 fully saturated rings. The Morgan fingerprint density at radius 3 is 2.95 bits per heavy atom. The second kappa shape index (κ2) is 4.42. The Labute approximate surface area is 121 Å². The third kappa shape index (κ3) is 2.07. The van der Waals surface area contributed by atoms with Gasteiger partial charge in [0.1, 0.15) is 12.1 Å². The number of anilines is 1. The fraction of sp³-hybridized carbons (Fsp3) is 0.333. The first-order chi connectivity index (χ1) is 10.5. The maximum atomic E-state index is 12.9. The first kappa shape index (κ1) is 13.0. The molecule has 1 aliphatic rings. The van der Waals surface area contributed by atoms with E-state index in [1.807, 2.05) is 4.57 Å². The lowest BCUT2D eigenvalue weighted by Gasteiger charge is -2.15. The molecule has 1 aliphatic heterocycles. The van der Waals surface area contributed by atoms with Crippen molar-refractivity contribution in [2.24, 2.45) is 0 Å². The molecule has 3 aromatic heterocycles. The highest BCUT2D eigenvalue weighted by Crippen LogP contribution is 2.30. The Bertz CT molecular complexity index is 814. The number of fused-ring (bicyclic) bond motifs is 2. The second-order valence-corrected chi connectivity index (χ2v) is 5.08. The first-order valence-electron chi connectivity index (χ1n) is 6.54. The summed E-state index contributed by atoms with van der Waals surface area (Å²) >= 11 is 0. The van der Waals surface area contributed by atoms with Gasteiger partial charge in [0, 0.05) is 30.9 Å². The molecule has 0 saturated carbocycles. The molecule has 114 valence electrons. The molecule has 4 rings (SSSR count). The largest absolute Gasteiger partial charge is 0.433 e. The maximum absolute atomic E-state index is 12.9. The molecule has 0 aromatic carbocycles. The topological polar surface area (TPSA) is 72.9 Å². The van der Waals surface area contributed by atoms with Crippen LogP contribution in [0.4, 0.5) is 19.0 Å². The van der Waals surface area contributed by atoms with Crippen LogP contribution in [-0.4, -0.2) is 35.2 Å². The molecule has 1 atom stereocenters. The maximum Gasteiger partial charge on any atom is 0.433 e. The number of nitrogens with one attached hydrogen (secondary N) is 1. The molecule has 10 heteroatoms. The van der Waals surface area contributed by atoms with E-state index in [2.05, 4.69) is 25.4 Å². The number of hydrogen-bond acceptors (Lipinski definition) is 5. The highest BCUT2D eigenvalue weighted by molar-refractivity contribution is 5.46. The van der Waals surface area contributed by atoms with E-state index in [0.717, 1.165) is 11.8 Å². The van der Waals surface area contributed by atoms with Crippen molar-refractivity contribution >= 4 is 11.6 Å². The molecule has 0 amide bonds. The van der Waals surface area contributed by atoms with E-state index in [9.17, 15) is 13.2 Å². The van der Waals surface area contributed by atoms with E-state index in [-0.39, 0.29) is 17.6 Å². The zero-order chi connectivity index (χ0) is 15.3. The molecule has 22 heavy (non-hydrogen) atoms. The number of aromatic nitrogens is 6. The van der Waals surface area contributed by atoms with E-state index < -0.39 is 11.9 Å². The molecule has 3 aromatic rings. The van der Waals surface area contributed by atoms with Gasteiger partial charge in [-0.25, -0.2) is 9.97 Å². The summed E-state index contributed by atoms with van der Waals surface area (Å²) in [5.41, 5.74) is 0.0483. The van der Waals surface area contributed by atoms with Crippen molar-refractivity contribution in [2.45, 2.75) is 25.2 Å². The highest BCUT2D eigenvalue weighted by Gasteiger charge is 2.34. The van der Waals surface area contributed by atoms with E-state index in [1.165, 1.54) is 10.8 Å². The average Bonchev–Trinajstić information content (AvgIpc) is 3.10. The number of nitrogens with zero attached hydrogens (tertiary/aromatic N) is 6. The monoisotopic (exact) mass is 309 g/mol. The third-order valence-electron chi connectivity index (χ3n) is 3.57. The summed E-state index contributed by atoms with van der Waals surface area (Å²) in [4.78, 5) is 11.2. The fourth-order valence-electron chi connectivity index (χ4n) is 2.60. The van der Waals surface area contributed by atoms with Gasteiger partial charge in [-0.3, -0.25) is 0 Å². The molecule has 1 N–H and O–H groups in total. The van der Waals surface area contributed by atoms with Crippen LogP contribution >= 0.6 is 0 Å². The number of alkyl halides is 3. The third-order valence-corrected chi connectivity index (χ3v) is 3.57. The van der Waals surface area contributed by atoms with Crippen molar-refractivity contribution in [3.8, 4) is 0 Å². The molecular formula is C12H10F3N7. The highest BCUT2D eigenvalue weighted by atomic mass is 19.4. The van der Waals surface area contributed by atoms with E-state index in [1.54, 1.807) is 12.5 Å². The van der Waals surface area contributed by atoms with Gasteiger partial charge in [-0.1, -0.05) is 0 Å². The number of rotatable bonds is 2. The normalized spacial score (nSPS) is 17.9. The van der Waals surface area contributed by atoms with Crippen LogP contribution in [0.3, 0.4) is 0 Å². The van der Waals surface area contributed by atoms with Crippen molar-refractivity contribution in [3.63, 3.8) is 0 Å². The number of imidazole rings is 1. The number of hydrogen-bond donors (Lipinski definition) is 1. The summed E-state index contributed by atoms with van der Waals surface area (Å²) in [6, 6.07) is 0.919. The van der Waals surface area contributed by atoms with Crippen molar-refractivity contribution in [2.75, 3.05) is 5.32 Å². The van der Waals surface area contributed by atoms with Gasteiger partial charge in [-0.15, -0.1) is 0 Å². The van der Waals surface area contributed by atoms with Crippen LogP contribution < -0.4 is 5.32 Å². The van der Waals surface area contributed by atoms with Crippen molar-refractivity contribution < 1.29 is 13.2 Å². The Kier molecular flexibility index (Phi) is 2.62. The van der Waals surface area contributed by atoms with Crippen LogP contribution in [0.25, 0.3) is 5.78 Å². The van der Waals surface area contributed by atoms with Crippen molar-refractivity contribution in [1.29, 1.82) is 0 Å². The summed E-state index contributed by atoms with van der Waals surface area (Å²) in [6.07, 6.45) is 0.779. The van der Waals surface area contributed by atoms with Crippen LogP contribution in [-0.2, 0) is 19.1 Å². The lowest BCUT2D eigenvalue weighted by atomic mass is 10.2. The quantitative estimate of drug-likeness (QED) is 0.774. The van der Waals surface area contributed by atoms with Crippen LogP contribution in [0.2, 0.25) is 0 Å². The predicted octanol–water partition coefficient (Wildman–Crippen LogP) is 1.38. The summed E-state index contributed by atoms with van der Waals surface area (Å²) in [7, 11) is 0. The summed E-state index contributed by atoms with van der Waals surface area (Å²) in [5, 5.41) is 7.00. The molecule has 0 radical (unpaired) electrons. The fourth-order valence-corrected chi connectivity index (χ4v) is 2.60. The van der Waals surface area contributed by atoms with Gasteiger partial charge in [-0.05, 0) is 0 Å². The van der Waals surface area contributed by atoms with E-state index in [0.29, 0.717) is 13.0 Å². The molecule has 1 unspecified atom stereocenters. The summed E-state index contributed by atoms with van der Waals surface area (Å²) in [6.45, 7) is 0.634. The minimum absolute atomic E-state index is 0.0334. The molecular weight excluding hydrogens is 299 g/mol. The van der Waals surface area contributed by atoms with Crippen molar-refractivity contribution in [1.82, 2.24) is 29.1 Å². The van der Waals surface area contributed by atoms with Crippen LogP contribution in [0, 0.1) is 0 Å². The average molecular weight is 309 g/mol. The Hall–Kier alpha value is -2.65. The Morgan fingerprint density at radius 1 is 1.32 bits per heavy atom. The smallest absolute Gasteiger partial charge is 0.365 e. The Balaban J connectivity index is 1.69. The van der Waals surface area contributed by atoms with Crippen LogP contribution in [0.5, 0.6) is 0 Å². The van der Waals surface area contributed by atoms with E-state index in [4.69, 9.17) is 0 Å². The molecule has 0 spiro atoms. The zero-order valence-electron chi connectivity index (χ0n) is 11.1. The Morgan fingerprint density at radius 2 is 2.18 bits per heavy atom. The van der Waals surface area contributed by atoms with Gasteiger partial charge in [-0.2, -0.15) is 27.8 Å². The lowest BCUT2D eigenvalue weighted by Crippen LogP contribution is -2.23. The van der Waals surface area contributed by atoms with Gasteiger partial charge in [0.15, 0.2) is 5.69 Å². The summed E-state index contributed by atoms with van der Waals surface area (Å²) < 4.78 is 42.0. The summed E-state index contributed by atoms with van der Waals surface area (Å²) in [5.74, 6) is 0.134. The van der Waals surface area contributed by atoms with E-state index >= 15 is 0 Å². The molecule has 4 heterocycles. The number of halogens is 3. The predicted molar refractivity (Wildman–Crippen MR) is 69.1 cm³/mol. The molecule has 0 saturated heterocycles. The molecule has 7 nitrogen and oxygen atoms in total. The first-order valence-corrected chi connectivity index (χ1v) is 6.54. The van der Waals surface area contributed by atoms with Gasteiger partial charge >= 0.3 is 6.18 Å². The van der Waals surface area contributed by atoms with Crippen LogP contribution in [0.15, 0.2) is 24.9 Å². The van der Waals surface area contributed by atoms with Gasteiger partial charge in [0.25, 0.3) is 5.78 Å². The van der Waals surface area contributed by atoms with Crippen molar-refractivity contribution in [3.05, 3.63) is 36.3 Å². The SMILES string of the molecule is FC(F)(F)c1cc(NC2Cc3cncn3C2)n2ncnc2n1. The molecule has 0 bridgehead atoms. The van der Waals surface area contributed by atoms with Gasteiger partial charge in [0.05, 0.1) is 12.4 Å². The molecule has 0 aliphatic carbocycles. The van der Waals surface area contributed by atoms with Gasteiger partial charge < -0.3 is 9.88 Å². The minimum Gasteiger partial charge on any atom is -0.365 e. The second-order valence-electron chi connectivity index (χ2n) is 5.08. The lowest BCUT2D eigenvalue weighted by molar-refractivity contribution is -0.141. The minimum atomic E-state index is -4.53. The van der Waals surface area contributed by atoms with Crippen LogP contribution in [0.1, 0.15) is 11.4 Å². The zero-order valence-corrected chi connectivity index (χ0v) is 11.1. The van der Waals surface area contributed by atoms with Gasteiger partial charge in [0.2, 0.25) is 0 Å².